The summed E-state index contributed by atoms with van der Waals surface area (Å²) in [7, 11) is -3.46. The molecule has 104 valence electrons. The lowest BCUT2D eigenvalue weighted by atomic mass is 10.2. The van der Waals surface area contributed by atoms with Gasteiger partial charge >= 0.3 is 5.97 Å². The van der Waals surface area contributed by atoms with Crippen LogP contribution >= 0.6 is 0 Å². The van der Waals surface area contributed by atoms with Gasteiger partial charge in [-0.05, 0) is 36.4 Å². The fraction of sp³-hybridized carbons (Fsp3) is 0.0769. The van der Waals surface area contributed by atoms with E-state index in [1.54, 1.807) is 0 Å². The maximum atomic E-state index is 11.6. The summed E-state index contributed by atoms with van der Waals surface area (Å²) in [5, 5.41) is 8.78. The SMILES string of the molecule is CS(=O)(=O)c1cccnc1Oc1ccc(C(=O)O)cc1. The minimum absolute atomic E-state index is 0.0256. The number of benzene rings is 1. The number of rotatable bonds is 4. The van der Waals surface area contributed by atoms with Crippen molar-refractivity contribution in [2.24, 2.45) is 0 Å². The molecular formula is C13H11NO5S. The predicted octanol–water partition coefficient (Wildman–Crippen LogP) is 1.98. The second kappa shape index (κ2) is 5.30. The van der Waals surface area contributed by atoms with Crippen molar-refractivity contribution in [2.75, 3.05) is 6.26 Å². The van der Waals surface area contributed by atoms with Gasteiger partial charge in [-0.25, -0.2) is 18.2 Å². The lowest BCUT2D eigenvalue weighted by Gasteiger charge is -2.08. The molecule has 0 saturated carbocycles. The number of hydrogen-bond donors (Lipinski definition) is 1. The Labute approximate surface area is 115 Å². The topological polar surface area (TPSA) is 93.6 Å². The van der Waals surface area contributed by atoms with E-state index in [1.807, 2.05) is 0 Å². The fourth-order valence-corrected chi connectivity index (χ4v) is 2.25. The van der Waals surface area contributed by atoms with Crippen molar-refractivity contribution in [3.8, 4) is 11.6 Å². The van der Waals surface area contributed by atoms with Crippen LogP contribution in [0.1, 0.15) is 10.4 Å². The lowest BCUT2D eigenvalue weighted by molar-refractivity contribution is 0.0697. The number of pyridine rings is 1. The molecule has 0 aliphatic rings. The zero-order chi connectivity index (χ0) is 14.8. The second-order valence-corrected chi connectivity index (χ2v) is 5.99. The van der Waals surface area contributed by atoms with E-state index in [0.717, 1.165) is 6.26 Å². The van der Waals surface area contributed by atoms with Crippen LogP contribution < -0.4 is 4.74 Å². The fourth-order valence-electron chi connectivity index (χ4n) is 1.51. The number of carboxylic acids is 1. The molecule has 1 aromatic heterocycles. The summed E-state index contributed by atoms with van der Waals surface area (Å²) in [5.41, 5.74) is 0.113. The van der Waals surface area contributed by atoms with Crippen molar-refractivity contribution in [3.63, 3.8) is 0 Å². The molecule has 2 aromatic rings. The number of nitrogens with zero attached hydrogens (tertiary/aromatic N) is 1. The number of sulfone groups is 1. The van der Waals surface area contributed by atoms with E-state index in [-0.39, 0.29) is 16.3 Å². The zero-order valence-corrected chi connectivity index (χ0v) is 11.3. The minimum atomic E-state index is -3.46. The standard InChI is InChI=1S/C13H11NO5S/c1-20(17,18)11-3-2-8-14-12(11)19-10-6-4-9(5-7-10)13(15)16/h2-8H,1H3,(H,15,16). The van der Waals surface area contributed by atoms with Gasteiger partial charge in [-0.1, -0.05) is 0 Å². The van der Waals surface area contributed by atoms with Gasteiger partial charge in [-0.3, -0.25) is 0 Å². The molecule has 20 heavy (non-hydrogen) atoms. The highest BCUT2D eigenvalue weighted by Gasteiger charge is 2.16. The van der Waals surface area contributed by atoms with Crippen LogP contribution in [-0.2, 0) is 9.84 Å². The molecule has 0 spiro atoms. The van der Waals surface area contributed by atoms with Gasteiger partial charge in [-0.15, -0.1) is 0 Å². The van der Waals surface area contributed by atoms with Gasteiger partial charge in [0.25, 0.3) is 0 Å². The van der Waals surface area contributed by atoms with Gasteiger partial charge in [0.05, 0.1) is 5.56 Å². The molecule has 0 fully saturated rings. The minimum Gasteiger partial charge on any atom is -0.478 e. The summed E-state index contributed by atoms with van der Waals surface area (Å²) in [4.78, 5) is 14.6. The molecule has 0 aliphatic carbocycles. The molecule has 0 aliphatic heterocycles. The summed E-state index contributed by atoms with van der Waals surface area (Å²) >= 11 is 0. The highest BCUT2D eigenvalue weighted by molar-refractivity contribution is 7.90. The Kier molecular flexibility index (Phi) is 3.71. The van der Waals surface area contributed by atoms with Crippen LogP contribution in [0.15, 0.2) is 47.5 Å². The monoisotopic (exact) mass is 293 g/mol. The van der Waals surface area contributed by atoms with E-state index in [0.29, 0.717) is 5.75 Å². The number of aromatic nitrogens is 1. The second-order valence-electron chi connectivity index (χ2n) is 4.01. The largest absolute Gasteiger partial charge is 0.478 e. The molecule has 0 saturated heterocycles. The van der Waals surface area contributed by atoms with Crippen LogP contribution in [0.3, 0.4) is 0 Å². The van der Waals surface area contributed by atoms with Gasteiger partial charge in [0.15, 0.2) is 9.84 Å². The number of carboxylic acid groups (broad SMARTS) is 1. The summed E-state index contributed by atoms with van der Waals surface area (Å²) in [6, 6.07) is 8.48. The van der Waals surface area contributed by atoms with Crippen LogP contribution in [0.4, 0.5) is 0 Å². The first-order valence-corrected chi connectivity index (χ1v) is 7.43. The number of aromatic carboxylic acids is 1. The normalized spacial score (nSPS) is 11.1. The molecular weight excluding hydrogens is 282 g/mol. The van der Waals surface area contributed by atoms with Gasteiger partial charge in [0.2, 0.25) is 5.88 Å². The number of hydrogen-bond acceptors (Lipinski definition) is 5. The third-order valence-electron chi connectivity index (χ3n) is 2.45. The van der Waals surface area contributed by atoms with E-state index >= 15 is 0 Å². The maximum absolute atomic E-state index is 11.6. The predicted molar refractivity (Wildman–Crippen MR) is 70.8 cm³/mol. The summed E-state index contributed by atoms with van der Waals surface area (Å²) < 4.78 is 28.6. The average Bonchev–Trinajstić information content (AvgIpc) is 2.38. The van der Waals surface area contributed by atoms with Gasteiger partial charge in [-0.2, -0.15) is 0 Å². The average molecular weight is 293 g/mol. The molecule has 0 amide bonds. The van der Waals surface area contributed by atoms with Crippen molar-refractivity contribution in [1.29, 1.82) is 0 Å². The van der Waals surface area contributed by atoms with Crippen LogP contribution in [0.2, 0.25) is 0 Å². The molecule has 2 rings (SSSR count). The maximum Gasteiger partial charge on any atom is 0.335 e. The molecule has 0 radical (unpaired) electrons. The molecule has 1 heterocycles. The number of carbonyl (C=O) groups is 1. The first-order chi connectivity index (χ1) is 9.38. The van der Waals surface area contributed by atoms with E-state index in [9.17, 15) is 13.2 Å². The molecule has 0 atom stereocenters. The lowest BCUT2D eigenvalue weighted by Crippen LogP contribution is -2.02. The van der Waals surface area contributed by atoms with Gasteiger partial charge in [0.1, 0.15) is 10.6 Å². The molecule has 0 bridgehead atoms. The van der Waals surface area contributed by atoms with Crippen LogP contribution in [0.5, 0.6) is 11.6 Å². The number of ether oxygens (including phenoxy) is 1. The third-order valence-corrected chi connectivity index (χ3v) is 3.56. The van der Waals surface area contributed by atoms with Crippen LogP contribution in [0.25, 0.3) is 0 Å². The van der Waals surface area contributed by atoms with E-state index < -0.39 is 15.8 Å². The molecule has 1 aromatic carbocycles. The molecule has 6 nitrogen and oxygen atoms in total. The van der Waals surface area contributed by atoms with E-state index in [2.05, 4.69) is 4.98 Å². The van der Waals surface area contributed by atoms with E-state index in [1.165, 1.54) is 42.6 Å². The van der Waals surface area contributed by atoms with Crippen molar-refractivity contribution in [1.82, 2.24) is 4.98 Å². The Balaban J connectivity index is 2.33. The first-order valence-electron chi connectivity index (χ1n) is 5.54. The quantitative estimate of drug-likeness (QED) is 0.926. The highest BCUT2D eigenvalue weighted by Crippen LogP contribution is 2.26. The Morgan fingerprint density at radius 1 is 1.20 bits per heavy atom. The Hall–Kier alpha value is -2.41. The van der Waals surface area contributed by atoms with Crippen molar-refractivity contribution < 1.29 is 23.1 Å². The smallest absolute Gasteiger partial charge is 0.335 e. The molecule has 1 N–H and O–H groups in total. The van der Waals surface area contributed by atoms with Crippen molar-refractivity contribution in [2.45, 2.75) is 4.90 Å². The third kappa shape index (κ3) is 3.12. The molecule has 7 heteroatoms. The van der Waals surface area contributed by atoms with Crippen molar-refractivity contribution in [3.05, 3.63) is 48.2 Å². The van der Waals surface area contributed by atoms with Crippen LogP contribution in [-0.4, -0.2) is 30.7 Å². The van der Waals surface area contributed by atoms with Gasteiger partial charge in [0, 0.05) is 12.5 Å². The van der Waals surface area contributed by atoms with Crippen LogP contribution in [0, 0.1) is 0 Å². The van der Waals surface area contributed by atoms with Gasteiger partial charge < -0.3 is 9.84 Å². The Bertz CT molecular complexity index is 738. The zero-order valence-electron chi connectivity index (χ0n) is 10.5. The highest BCUT2D eigenvalue weighted by atomic mass is 32.2. The Morgan fingerprint density at radius 2 is 1.85 bits per heavy atom. The summed E-state index contributed by atoms with van der Waals surface area (Å²) in [6.45, 7) is 0. The molecule has 0 unspecified atom stereocenters. The summed E-state index contributed by atoms with van der Waals surface area (Å²) in [6.07, 6.45) is 2.47. The van der Waals surface area contributed by atoms with Crippen molar-refractivity contribution >= 4 is 15.8 Å². The summed E-state index contributed by atoms with van der Waals surface area (Å²) in [5.74, 6) is -0.789. The Morgan fingerprint density at radius 3 is 2.40 bits per heavy atom. The van der Waals surface area contributed by atoms with E-state index in [4.69, 9.17) is 9.84 Å². The first kappa shape index (κ1) is 14.0.